The molecule has 0 spiro atoms. The van der Waals surface area contributed by atoms with E-state index < -0.39 is 24.2 Å². The van der Waals surface area contributed by atoms with Gasteiger partial charge in [0.1, 0.15) is 5.60 Å². The van der Waals surface area contributed by atoms with Crippen molar-refractivity contribution in [1.29, 1.82) is 0 Å². The molecule has 0 bridgehead atoms. The molecule has 0 unspecified atom stereocenters. The fourth-order valence-corrected chi connectivity index (χ4v) is 2.40. The van der Waals surface area contributed by atoms with Crippen molar-refractivity contribution in [3.8, 4) is 0 Å². The first-order chi connectivity index (χ1) is 9.22. The molecule has 20 heavy (non-hydrogen) atoms. The second kappa shape index (κ2) is 4.92. The molecule has 3 nitrogen and oxygen atoms in total. The highest BCUT2D eigenvalue weighted by Gasteiger charge is 2.50. The number of esters is 1. The van der Waals surface area contributed by atoms with Crippen LogP contribution in [0.15, 0.2) is 24.3 Å². The Morgan fingerprint density at radius 1 is 1.40 bits per heavy atom. The maximum atomic E-state index is 12.8. The van der Waals surface area contributed by atoms with Crippen molar-refractivity contribution < 1.29 is 27.5 Å². The number of ketones is 1. The Hall–Kier alpha value is -1.85. The Morgan fingerprint density at radius 3 is 2.60 bits per heavy atom. The molecule has 0 aromatic heterocycles. The van der Waals surface area contributed by atoms with E-state index in [9.17, 15) is 22.8 Å². The zero-order valence-electron chi connectivity index (χ0n) is 10.8. The minimum Gasteiger partial charge on any atom is -0.454 e. The van der Waals surface area contributed by atoms with Gasteiger partial charge in [-0.05, 0) is 18.6 Å². The molecule has 108 valence electrons. The van der Waals surface area contributed by atoms with Crippen LogP contribution in [0.5, 0.6) is 0 Å². The third-order valence-corrected chi connectivity index (χ3v) is 3.32. The van der Waals surface area contributed by atoms with Crippen LogP contribution in [-0.4, -0.2) is 17.9 Å². The molecule has 0 N–H and O–H groups in total. The molecule has 0 aliphatic carbocycles. The molecule has 1 aliphatic rings. The van der Waals surface area contributed by atoms with Gasteiger partial charge in [0.05, 0.1) is 6.42 Å². The normalized spacial score (nSPS) is 22.7. The summed E-state index contributed by atoms with van der Waals surface area (Å²) >= 11 is 0. The van der Waals surface area contributed by atoms with Crippen molar-refractivity contribution in [3.05, 3.63) is 35.4 Å². The summed E-state index contributed by atoms with van der Waals surface area (Å²) in [6, 6.07) is 5.84. The lowest BCUT2D eigenvalue weighted by atomic mass is 9.86. The second-order valence-corrected chi connectivity index (χ2v) is 4.90. The van der Waals surface area contributed by atoms with Crippen LogP contribution >= 0.6 is 0 Å². The number of halogens is 3. The monoisotopic (exact) mass is 286 g/mol. The fourth-order valence-electron chi connectivity index (χ4n) is 2.40. The number of alkyl halides is 3. The number of carbonyl (C=O) groups excluding carboxylic acids is 2. The van der Waals surface area contributed by atoms with Crippen LogP contribution in [0.25, 0.3) is 0 Å². The van der Waals surface area contributed by atoms with Crippen LogP contribution in [0, 0.1) is 0 Å². The number of rotatable bonds is 3. The lowest BCUT2D eigenvalue weighted by Crippen LogP contribution is -2.32. The van der Waals surface area contributed by atoms with Gasteiger partial charge in [0, 0.05) is 18.4 Å². The van der Waals surface area contributed by atoms with Gasteiger partial charge in [0.2, 0.25) is 0 Å². The summed E-state index contributed by atoms with van der Waals surface area (Å²) in [5, 5.41) is 0. The quantitative estimate of drug-likeness (QED) is 0.632. The number of ether oxygens (including phenoxy) is 1. The molecular weight excluding hydrogens is 273 g/mol. The molecule has 1 heterocycles. The molecule has 0 radical (unpaired) electrons. The van der Waals surface area contributed by atoms with Crippen molar-refractivity contribution in [2.24, 2.45) is 0 Å². The van der Waals surface area contributed by atoms with Crippen LogP contribution in [0.3, 0.4) is 0 Å². The number of benzene rings is 1. The third kappa shape index (κ3) is 3.00. The zero-order chi connectivity index (χ0) is 15.0. The first-order valence-electron chi connectivity index (χ1n) is 6.12. The molecule has 0 amide bonds. The largest absolute Gasteiger partial charge is 0.454 e. The number of Topliss-reactive ketones (excluding diaryl/α,β-unsaturated/α-hetero) is 1. The summed E-state index contributed by atoms with van der Waals surface area (Å²) in [6.07, 6.45) is -5.79. The number of carbonyl (C=O) groups is 2. The van der Waals surface area contributed by atoms with Crippen molar-refractivity contribution in [3.63, 3.8) is 0 Å². The summed E-state index contributed by atoms with van der Waals surface area (Å²) in [6.45, 7) is 1.33. The molecule has 1 atom stereocenters. The van der Waals surface area contributed by atoms with Crippen LogP contribution in [0.4, 0.5) is 13.2 Å². The summed E-state index contributed by atoms with van der Waals surface area (Å²) in [5.41, 5.74) is -1.19. The maximum Gasteiger partial charge on any atom is 0.393 e. The zero-order valence-corrected chi connectivity index (χ0v) is 10.8. The predicted molar refractivity (Wildman–Crippen MR) is 64.1 cm³/mol. The van der Waals surface area contributed by atoms with E-state index in [1.807, 2.05) is 0 Å². The molecule has 2 rings (SSSR count). The van der Waals surface area contributed by atoms with E-state index in [1.54, 1.807) is 0 Å². The van der Waals surface area contributed by atoms with Crippen LogP contribution in [-0.2, 0) is 15.1 Å². The van der Waals surface area contributed by atoms with E-state index in [0.29, 0.717) is 5.56 Å². The first kappa shape index (κ1) is 14.6. The minimum atomic E-state index is -4.46. The topological polar surface area (TPSA) is 43.4 Å². The highest BCUT2D eigenvalue weighted by Crippen LogP contribution is 2.45. The van der Waals surface area contributed by atoms with Gasteiger partial charge in [-0.1, -0.05) is 18.2 Å². The van der Waals surface area contributed by atoms with Gasteiger partial charge in [0.15, 0.2) is 5.78 Å². The van der Waals surface area contributed by atoms with Gasteiger partial charge in [-0.25, -0.2) is 0 Å². The number of cyclic esters (lactones) is 1. The van der Waals surface area contributed by atoms with E-state index >= 15 is 0 Å². The van der Waals surface area contributed by atoms with Crippen molar-refractivity contribution in [1.82, 2.24) is 0 Å². The average Bonchev–Trinajstić information content (AvgIpc) is 2.70. The molecule has 0 saturated carbocycles. The average molecular weight is 286 g/mol. The molecule has 6 heteroatoms. The van der Waals surface area contributed by atoms with Gasteiger partial charge >= 0.3 is 12.1 Å². The Balaban J connectivity index is 2.44. The van der Waals surface area contributed by atoms with E-state index in [2.05, 4.69) is 0 Å². The second-order valence-electron chi connectivity index (χ2n) is 4.90. The summed E-state index contributed by atoms with van der Waals surface area (Å²) in [7, 11) is 0. The van der Waals surface area contributed by atoms with Gasteiger partial charge in [-0.15, -0.1) is 0 Å². The van der Waals surface area contributed by atoms with Crippen LogP contribution < -0.4 is 0 Å². The third-order valence-electron chi connectivity index (χ3n) is 3.32. The van der Waals surface area contributed by atoms with Crippen molar-refractivity contribution in [2.75, 3.05) is 0 Å². The molecule has 1 aromatic carbocycles. The molecular formula is C14H13F3O3. The molecule has 1 fully saturated rings. The lowest BCUT2D eigenvalue weighted by molar-refractivity contribution is -0.187. The SMILES string of the molecule is CC(=O)c1cccc([C@]2(CC(F)(F)F)CCC(=O)O2)c1. The van der Waals surface area contributed by atoms with Crippen LogP contribution in [0.1, 0.15) is 42.1 Å². The van der Waals surface area contributed by atoms with Gasteiger partial charge in [-0.3, -0.25) is 9.59 Å². The smallest absolute Gasteiger partial charge is 0.393 e. The Kier molecular flexibility index (Phi) is 3.58. The minimum absolute atomic E-state index is 0.0350. The first-order valence-corrected chi connectivity index (χ1v) is 6.12. The van der Waals surface area contributed by atoms with Gasteiger partial charge in [0.25, 0.3) is 0 Å². The van der Waals surface area contributed by atoms with Gasteiger partial charge < -0.3 is 4.74 Å². The summed E-state index contributed by atoms with van der Waals surface area (Å²) < 4.78 is 43.3. The Morgan fingerprint density at radius 2 is 2.10 bits per heavy atom. The highest BCUT2D eigenvalue weighted by atomic mass is 19.4. The molecule has 1 aromatic rings. The number of hydrogen-bond acceptors (Lipinski definition) is 3. The Labute approximate surface area is 113 Å². The van der Waals surface area contributed by atoms with Crippen molar-refractivity contribution >= 4 is 11.8 Å². The van der Waals surface area contributed by atoms with E-state index in [-0.39, 0.29) is 24.2 Å². The van der Waals surface area contributed by atoms with E-state index in [0.717, 1.165) is 0 Å². The number of hydrogen-bond donors (Lipinski definition) is 0. The van der Waals surface area contributed by atoms with Gasteiger partial charge in [-0.2, -0.15) is 13.2 Å². The van der Waals surface area contributed by atoms with Crippen molar-refractivity contribution in [2.45, 2.75) is 38.0 Å². The Bertz CT molecular complexity index is 551. The molecule has 1 aliphatic heterocycles. The maximum absolute atomic E-state index is 12.8. The molecule has 1 saturated heterocycles. The van der Waals surface area contributed by atoms with Crippen LogP contribution in [0.2, 0.25) is 0 Å². The summed E-state index contributed by atoms with van der Waals surface area (Å²) in [5.74, 6) is -0.902. The summed E-state index contributed by atoms with van der Waals surface area (Å²) in [4.78, 5) is 22.6. The fraction of sp³-hybridized carbons (Fsp3) is 0.429. The predicted octanol–water partition coefficient (Wildman–Crippen LogP) is 3.37. The van der Waals surface area contributed by atoms with E-state index in [1.165, 1.54) is 31.2 Å². The van der Waals surface area contributed by atoms with E-state index in [4.69, 9.17) is 4.74 Å². The standard InChI is InChI=1S/C14H13F3O3/c1-9(18)10-3-2-4-11(7-10)13(8-14(15,16)17)6-5-12(19)20-13/h2-4,7H,5-6,8H2,1H3/t13-/m1/s1. The highest BCUT2D eigenvalue weighted by molar-refractivity contribution is 5.94. The lowest BCUT2D eigenvalue weighted by Gasteiger charge is -2.29.